The van der Waals surface area contributed by atoms with Crippen LogP contribution in [0, 0.1) is 11.6 Å². The Morgan fingerprint density at radius 2 is 1.04 bits per heavy atom. The van der Waals surface area contributed by atoms with E-state index in [4.69, 9.17) is 9.47 Å². The van der Waals surface area contributed by atoms with Crippen LogP contribution in [0.1, 0.15) is 31.8 Å². The summed E-state index contributed by atoms with van der Waals surface area (Å²) >= 11 is 0. The topological polar surface area (TPSA) is 52.6 Å². The molecule has 0 aliphatic rings. The number of hydrogen-bond donors (Lipinski definition) is 0. The third-order valence-electron chi connectivity index (χ3n) is 3.88. The largest absolute Gasteiger partial charge is 0.457 e. The van der Waals surface area contributed by atoms with Gasteiger partial charge in [0.15, 0.2) is 0 Å². The number of esters is 2. The Morgan fingerprint density at radius 1 is 0.643 bits per heavy atom. The number of halogens is 2. The minimum absolute atomic E-state index is 0.0265. The zero-order valence-corrected chi connectivity index (χ0v) is 14.7. The Kier molecular flexibility index (Phi) is 6.11. The van der Waals surface area contributed by atoms with Gasteiger partial charge in [-0.3, -0.25) is 0 Å². The fourth-order valence-electron chi connectivity index (χ4n) is 2.43. The first-order chi connectivity index (χ1) is 13.5. The van der Waals surface area contributed by atoms with Crippen molar-refractivity contribution in [1.29, 1.82) is 0 Å². The van der Waals surface area contributed by atoms with Crippen molar-refractivity contribution in [3.63, 3.8) is 0 Å². The van der Waals surface area contributed by atoms with Gasteiger partial charge < -0.3 is 9.47 Å². The van der Waals surface area contributed by atoms with E-state index in [1.165, 1.54) is 36.4 Å². The van der Waals surface area contributed by atoms with Crippen molar-refractivity contribution in [2.45, 2.75) is 13.2 Å². The van der Waals surface area contributed by atoms with E-state index < -0.39 is 23.6 Å². The monoisotopic (exact) mass is 382 g/mol. The third kappa shape index (κ3) is 5.23. The van der Waals surface area contributed by atoms with Crippen LogP contribution in [0.3, 0.4) is 0 Å². The average Bonchev–Trinajstić information content (AvgIpc) is 2.71. The summed E-state index contributed by atoms with van der Waals surface area (Å²) in [5.41, 5.74) is 1.73. The molecule has 0 atom stereocenters. The molecule has 4 nitrogen and oxygen atoms in total. The van der Waals surface area contributed by atoms with E-state index in [9.17, 15) is 18.4 Å². The maximum absolute atomic E-state index is 13.1. The van der Waals surface area contributed by atoms with Crippen LogP contribution in [0.25, 0.3) is 0 Å². The molecule has 0 aliphatic carbocycles. The van der Waals surface area contributed by atoms with Crippen molar-refractivity contribution in [2.24, 2.45) is 0 Å². The Balaban J connectivity index is 1.51. The fourth-order valence-corrected chi connectivity index (χ4v) is 2.43. The molecular formula is C22H16F2O4. The summed E-state index contributed by atoms with van der Waals surface area (Å²) < 4.78 is 36.6. The van der Waals surface area contributed by atoms with Crippen LogP contribution in [0.5, 0.6) is 0 Å². The zero-order chi connectivity index (χ0) is 19.9. The molecule has 0 fully saturated rings. The van der Waals surface area contributed by atoms with Gasteiger partial charge in [-0.15, -0.1) is 0 Å². The highest BCUT2D eigenvalue weighted by molar-refractivity contribution is 5.89. The Bertz CT molecular complexity index is 903. The van der Waals surface area contributed by atoms with Crippen LogP contribution in [0.4, 0.5) is 8.78 Å². The molecule has 0 N–H and O–H groups in total. The van der Waals surface area contributed by atoms with Crippen molar-refractivity contribution in [3.8, 4) is 0 Å². The molecule has 0 spiro atoms. The van der Waals surface area contributed by atoms with E-state index in [0.717, 1.165) is 23.3 Å². The number of ether oxygens (including phenoxy) is 2. The number of carbonyl (C=O) groups excluding carboxylic acids is 2. The molecule has 0 saturated heterocycles. The van der Waals surface area contributed by atoms with Crippen LogP contribution >= 0.6 is 0 Å². The minimum Gasteiger partial charge on any atom is -0.457 e. The molecule has 3 aromatic carbocycles. The lowest BCUT2D eigenvalue weighted by Crippen LogP contribution is -2.06. The molecule has 0 bridgehead atoms. The molecule has 142 valence electrons. The van der Waals surface area contributed by atoms with Crippen LogP contribution in [0.15, 0.2) is 72.8 Å². The highest BCUT2D eigenvalue weighted by atomic mass is 19.1. The van der Waals surface area contributed by atoms with Crippen molar-refractivity contribution >= 4 is 11.9 Å². The standard InChI is InChI=1S/C22H16F2O4/c23-19-5-1-3-17(11-19)21(25)27-13-15-7-9-16(10-8-15)14-28-22(26)18-4-2-6-20(24)12-18/h1-12H,13-14H2. The molecule has 0 aromatic heterocycles. The van der Waals surface area contributed by atoms with Crippen LogP contribution in [-0.4, -0.2) is 11.9 Å². The number of rotatable bonds is 6. The van der Waals surface area contributed by atoms with E-state index in [1.807, 2.05) is 0 Å². The van der Waals surface area contributed by atoms with Crippen molar-refractivity contribution < 1.29 is 27.8 Å². The second-order valence-electron chi connectivity index (χ2n) is 5.99. The van der Waals surface area contributed by atoms with E-state index in [0.29, 0.717) is 0 Å². The molecule has 3 rings (SSSR count). The van der Waals surface area contributed by atoms with E-state index >= 15 is 0 Å². The molecule has 28 heavy (non-hydrogen) atoms. The Hall–Kier alpha value is -3.54. The van der Waals surface area contributed by atoms with Gasteiger partial charge in [-0.2, -0.15) is 0 Å². The molecule has 0 radical (unpaired) electrons. The van der Waals surface area contributed by atoms with Gasteiger partial charge in [-0.05, 0) is 47.5 Å². The van der Waals surface area contributed by atoms with Crippen LogP contribution in [0.2, 0.25) is 0 Å². The van der Waals surface area contributed by atoms with Gasteiger partial charge in [-0.1, -0.05) is 36.4 Å². The smallest absolute Gasteiger partial charge is 0.338 e. The average molecular weight is 382 g/mol. The summed E-state index contributed by atoms with van der Waals surface area (Å²) in [6, 6.07) is 17.4. The highest BCUT2D eigenvalue weighted by Crippen LogP contribution is 2.12. The summed E-state index contributed by atoms with van der Waals surface area (Å²) in [5, 5.41) is 0. The molecular weight excluding hydrogens is 366 g/mol. The maximum Gasteiger partial charge on any atom is 0.338 e. The Labute approximate surface area is 160 Å². The van der Waals surface area contributed by atoms with Crippen molar-refractivity contribution in [3.05, 3.63) is 107 Å². The van der Waals surface area contributed by atoms with Crippen LogP contribution < -0.4 is 0 Å². The molecule has 0 saturated carbocycles. The van der Waals surface area contributed by atoms with Gasteiger partial charge in [-0.25, -0.2) is 18.4 Å². The van der Waals surface area contributed by atoms with Gasteiger partial charge in [0.2, 0.25) is 0 Å². The lowest BCUT2D eigenvalue weighted by molar-refractivity contribution is 0.0460. The predicted molar refractivity (Wildman–Crippen MR) is 97.5 cm³/mol. The summed E-state index contributed by atoms with van der Waals surface area (Å²) in [4.78, 5) is 23.8. The highest BCUT2D eigenvalue weighted by Gasteiger charge is 2.10. The molecule has 3 aromatic rings. The minimum atomic E-state index is -0.618. The first kappa shape index (κ1) is 19.2. The first-order valence-corrected chi connectivity index (χ1v) is 8.44. The summed E-state index contributed by atoms with van der Waals surface area (Å²) in [7, 11) is 0. The Morgan fingerprint density at radius 3 is 1.39 bits per heavy atom. The number of carbonyl (C=O) groups is 2. The number of hydrogen-bond acceptors (Lipinski definition) is 4. The SMILES string of the molecule is O=C(OCc1ccc(COC(=O)c2cccc(F)c2)cc1)c1cccc(F)c1. The normalized spacial score (nSPS) is 10.4. The van der Waals surface area contributed by atoms with E-state index in [-0.39, 0.29) is 24.3 Å². The van der Waals surface area contributed by atoms with Gasteiger partial charge >= 0.3 is 11.9 Å². The lowest BCUT2D eigenvalue weighted by atomic mass is 10.1. The van der Waals surface area contributed by atoms with E-state index in [2.05, 4.69) is 0 Å². The second-order valence-corrected chi connectivity index (χ2v) is 5.99. The van der Waals surface area contributed by atoms with E-state index in [1.54, 1.807) is 24.3 Å². The fraction of sp³-hybridized carbons (Fsp3) is 0.0909. The van der Waals surface area contributed by atoms with Crippen LogP contribution in [-0.2, 0) is 22.7 Å². The zero-order valence-electron chi connectivity index (χ0n) is 14.7. The molecule has 6 heteroatoms. The molecule has 0 aliphatic heterocycles. The quantitative estimate of drug-likeness (QED) is 0.581. The summed E-state index contributed by atoms with van der Waals surface area (Å²) in [6.07, 6.45) is 0. The molecule has 0 amide bonds. The van der Waals surface area contributed by atoms with Gasteiger partial charge in [0.25, 0.3) is 0 Å². The summed E-state index contributed by atoms with van der Waals surface area (Å²) in [5.74, 6) is -2.25. The molecule has 0 heterocycles. The maximum atomic E-state index is 13.1. The lowest BCUT2D eigenvalue weighted by Gasteiger charge is -2.08. The molecule has 0 unspecified atom stereocenters. The second kappa shape index (κ2) is 8.90. The van der Waals surface area contributed by atoms with Crippen molar-refractivity contribution in [2.75, 3.05) is 0 Å². The first-order valence-electron chi connectivity index (χ1n) is 8.44. The third-order valence-corrected chi connectivity index (χ3v) is 3.88. The van der Waals surface area contributed by atoms with Gasteiger partial charge in [0.05, 0.1) is 11.1 Å². The summed E-state index contributed by atoms with van der Waals surface area (Å²) in [6.45, 7) is 0.0530. The van der Waals surface area contributed by atoms with Gasteiger partial charge in [0.1, 0.15) is 24.8 Å². The number of benzene rings is 3. The van der Waals surface area contributed by atoms with Gasteiger partial charge in [0, 0.05) is 0 Å². The van der Waals surface area contributed by atoms with Crippen molar-refractivity contribution in [1.82, 2.24) is 0 Å². The predicted octanol–water partition coefficient (Wildman–Crippen LogP) is 4.68.